The third-order valence-corrected chi connectivity index (χ3v) is 2.82. The van der Waals surface area contributed by atoms with Crippen molar-refractivity contribution in [2.24, 2.45) is 0 Å². The van der Waals surface area contributed by atoms with Crippen LogP contribution in [0.15, 0.2) is 24.3 Å². The molecule has 0 aliphatic carbocycles. The molecule has 2 aromatic carbocycles. The van der Waals surface area contributed by atoms with Gasteiger partial charge in [0.05, 0.1) is 5.56 Å². The molecule has 0 unspecified atom stereocenters. The Bertz CT molecular complexity index is 788. The Hall–Kier alpha value is -2.77. The quantitative estimate of drug-likeness (QED) is 0.216. The van der Waals surface area contributed by atoms with Gasteiger partial charge in [-0.1, -0.05) is 12.1 Å². The van der Waals surface area contributed by atoms with E-state index in [9.17, 15) is 31.5 Å². The molecule has 0 atom stereocenters. The summed E-state index contributed by atoms with van der Waals surface area (Å²) in [5, 5.41) is 0. The second kappa shape index (κ2) is 6.15. The van der Waals surface area contributed by atoms with Gasteiger partial charge in [-0.05, 0) is 12.1 Å². The van der Waals surface area contributed by atoms with Gasteiger partial charge in [-0.3, -0.25) is 9.59 Å². The zero-order chi connectivity index (χ0) is 17.3. The summed E-state index contributed by atoms with van der Waals surface area (Å²) in [4.78, 5) is 23.1. The summed E-state index contributed by atoms with van der Waals surface area (Å²) in [5.74, 6) is -14.1. The number of ether oxygens (including phenoxy) is 1. The minimum atomic E-state index is -2.37. The highest BCUT2D eigenvalue weighted by Crippen LogP contribution is 2.28. The summed E-state index contributed by atoms with van der Waals surface area (Å²) >= 11 is 0. The number of carbonyl (C=O) groups excluding carboxylic acids is 2. The Morgan fingerprint density at radius 1 is 0.826 bits per heavy atom. The average molecular weight is 330 g/mol. The van der Waals surface area contributed by atoms with Gasteiger partial charge in [0.1, 0.15) is 11.3 Å². The molecule has 3 nitrogen and oxygen atoms in total. The Morgan fingerprint density at radius 3 is 1.83 bits per heavy atom. The number of hydrogen-bond donors (Lipinski definition) is 0. The van der Waals surface area contributed by atoms with Gasteiger partial charge in [-0.15, -0.1) is 0 Å². The molecule has 2 aromatic rings. The number of rotatable bonds is 3. The second-order valence-corrected chi connectivity index (χ2v) is 4.36. The summed E-state index contributed by atoms with van der Waals surface area (Å²) in [6, 6.07) is 4.79. The Balaban J connectivity index is 2.66. The number of hydrogen-bond acceptors (Lipinski definition) is 3. The molecule has 0 spiro atoms. The lowest BCUT2D eigenvalue weighted by Crippen LogP contribution is -2.15. The number of esters is 1. The topological polar surface area (TPSA) is 43.4 Å². The van der Waals surface area contributed by atoms with E-state index in [0.717, 1.165) is 19.1 Å². The lowest BCUT2D eigenvalue weighted by atomic mass is 10.0. The number of carbonyl (C=O) groups is 2. The lowest BCUT2D eigenvalue weighted by Gasteiger charge is -2.10. The van der Waals surface area contributed by atoms with Gasteiger partial charge in [0.25, 0.3) is 0 Å². The monoisotopic (exact) mass is 330 g/mol. The fourth-order valence-corrected chi connectivity index (χ4v) is 1.84. The SMILES string of the molecule is CC(=O)Oc1ccccc1C(=O)c1c(F)c(F)c(F)c(F)c1F. The zero-order valence-electron chi connectivity index (χ0n) is 11.4. The third kappa shape index (κ3) is 2.92. The fraction of sp³-hybridized carbons (Fsp3) is 0.0667. The smallest absolute Gasteiger partial charge is 0.308 e. The Kier molecular flexibility index (Phi) is 4.44. The van der Waals surface area contributed by atoms with E-state index in [2.05, 4.69) is 4.74 Å². The highest BCUT2D eigenvalue weighted by molar-refractivity contribution is 6.11. The summed E-state index contributed by atoms with van der Waals surface area (Å²) in [6.45, 7) is 1.01. The second-order valence-electron chi connectivity index (χ2n) is 4.36. The molecule has 0 aliphatic rings. The van der Waals surface area contributed by atoms with Crippen molar-refractivity contribution in [3.8, 4) is 5.75 Å². The van der Waals surface area contributed by atoms with Crippen LogP contribution in [0.2, 0.25) is 0 Å². The molecule has 0 heterocycles. The van der Waals surface area contributed by atoms with Crippen molar-refractivity contribution in [3.63, 3.8) is 0 Å². The molecule has 0 saturated carbocycles. The van der Waals surface area contributed by atoms with Gasteiger partial charge in [-0.2, -0.15) is 0 Å². The molecular weight excluding hydrogens is 323 g/mol. The van der Waals surface area contributed by atoms with Crippen molar-refractivity contribution in [1.29, 1.82) is 0 Å². The van der Waals surface area contributed by atoms with Crippen LogP contribution in [0.3, 0.4) is 0 Å². The molecule has 0 amide bonds. The maximum absolute atomic E-state index is 13.7. The number of halogens is 5. The Labute approximate surface area is 126 Å². The number of benzene rings is 2. The minimum Gasteiger partial charge on any atom is -0.426 e. The molecule has 8 heteroatoms. The van der Waals surface area contributed by atoms with Gasteiger partial charge in [0.2, 0.25) is 11.6 Å². The highest BCUT2D eigenvalue weighted by Gasteiger charge is 2.31. The van der Waals surface area contributed by atoms with E-state index in [1.807, 2.05) is 0 Å². The third-order valence-electron chi connectivity index (χ3n) is 2.82. The van der Waals surface area contributed by atoms with Crippen LogP contribution in [0.1, 0.15) is 22.8 Å². The van der Waals surface area contributed by atoms with Gasteiger partial charge in [0.15, 0.2) is 23.3 Å². The van der Waals surface area contributed by atoms with E-state index in [1.54, 1.807) is 0 Å². The molecule has 0 N–H and O–H groups in total. The standard InChI is InChI=1S/C15H7F5O3/c1-6(21)23-8-5-3-2-4-7(8)15(22)9-10(16)12(18)14(20)13(19)11(9)17/h2-5H,1H3. The van der Waals surface area contributed by atoms with Crippen LogP contribution >= 0.6 is 0 Å². The molecule has 0 aromatic heterocycles. The molecular formula is C15H7F5O3. The molecule has 0 radical (unpaired) electrons. The predicted octanol–water partition coefficient (Wildman–Crippen LogP) is 3.54. The molecule has 23 heavy (non-hydrogen) atoms. The number of para-hydroxylation sites is 1. The van der Waals surface area contributed by atoms with Gasteiger partial charge < -0.3 is 4.74 Å². The van der Waals surface area contributed by atoms with Crippen LogP contribution in [0, 0.1) is 29.1 Å². The first-order valence-corrected chi connectivity index (χ1v) is 6.09. The molecule has 0 aliphatic heterocycles. The van der Waals surface area contributed by atoms with Crippen LogP contribution in [-0.4, -0.2) is 11.8 Å². The lowest BCUT2D eigenvalue weighted by molar-refractivity contribution is -0.131. The summed E-state index contributed by atoms with van der Waals surface area (Å²) in [6.07, 6.45) is 0. The maximum Gasteiger partial charge on any atom is 0.308 e. The van der Waals surface area contributed by atoms with E-state index in [0.29, 0.717) is 0 Å². The van der Waals surface area contributed by atoms with Crippen molar-refractivity contribution < 1.29 is 36.3 Å². The van der Waals surface area contributed by atoms with Crippen molar-refractivity contribution in [1.82, 2.24) is 0 Å². The summed E-state index contributed by atoms with van der Waals surface area (Å²) in [5.41, 5.74) is -2.15. The van der Waals surface area contributed by atoms with Gasteiger partial charge in [0, 0.05) is 6.92 Å². The highest BCUT2D eigenvalue weighted by atomic mass is 19.2. The van der Waals surface area contributed by atoms with Crippen LogP contribution in [0.25, 0.3) is 0 Å². The summed E-state index contributed by atoms with van der Waals surface area (Å²) in [7, 11) is 0. The molecule has 0 bridgehead atoms. The van der Waals surface area contributed by atoms with E-state index in [4.69, 9.17) is 0 Å². The molecule has 0 fully saturated rings. The van der Waals surface area contributed by atoms with Crippen LogP contribution in [-0.2, 0) is 4.79 Å². The normalized spacial score (nSPS) is 10.5. The molecule has 2 rings (SSSR count). The van der Waals surface area contributed by atoms with Gasteiger partial charge in [-0.25, -0.2) is 22.0 Å². The largest absolute Gasteiger partial charge is 0.426 e. The van der Waals surface area contributed by atoms with Crippen molar-refractivity contribution in [2.45, 2.75) is 6.92 Å². The minimum absolute atomic E-state index is 0.367. The van der Waals surface area contributed by atoms with Crippen LogP contribution < -0.4 is 4.74 Å². The summed E-state index contributed by atoms with van der Waals surface area (Å²) < 4.78 is 71.4. The van der Waals surface area contributed by atoms with E-state index in [-0.39, 0.29) is 5.75 Å². The first kappa shape index (κ1) is 16.6. The van der Waals surface area contributed by atoms with Crippen molar-refractivity contribution >= 4 is 11.8 Å². The van der Waals surface area contributed by atoms with Gasteiger partial charge >= 0.3 is 5.97 Å². The van der Waals surface area contributed by atoms with E-state index in [1.165, 1.54) is 12.1 Å². The predicted molar refractivity (Wildman–Crippen MR) is 67.4 cm³/mol. The maximum atomic E-state index is 13.7. The molecule has 120 valence electrons. The average Bonchev–Trinajstić information content (AvgIpc) is 2.51. The van der Waals surface area contributed by atoms with Crippen molar-refractivity contribution in [2.75, 3.05) is 0 Å². The van der Waals surface area contributed by atoms with Crippen molar-refractivity contribution in [3.05, 3.63) is 64.5 Å². The molecule has 0 saturated heterocycles. The first-order chi connectivity index (χ1) is 10.8. The first-order valence-electron chi connectivity index (χ1n) is 6.09. The number of ketones is 1. The fourth-order valence-electron chi connectivity index (χ4n) is 1.84. The van der Waals surface area contributed by atoms with E-state index >= 15 is 0 Å². The van der Waals surface area contributed by atoms with E-state index < -0.39 is 52.0 Å². The Morgan fingerprint density at radius 2 is 1.30 bits per heavy atom. The van der Waals surface area contributed by atoms with Crippen LogP contribution in [0.5, 0.6) is 5.75 Å². The zero-order valence-corrected chi connectivity index (χ0v) is 11.4. The van der Waals surface area contributed by atoms with Crippen LogP contribution in [0.4, 0.5) is 22.0 Å².